The van der Waals surface area contributed by atoms with Crippen molar-refractivity contribution in [2.24, 2.45) is 0 Å². The van der Waals surface area contributed by atoms with Gasteiger partial charge in [0.25, 0.3) is 5.69 Å². The van der Waals surface area contributed by atoms with Crippen molar-refractivity contribution in [2.75, 3.05) is 5.32 Å². The number of hydrogen-bond donors (Lipinski definition) is 2. The van der Waals surface area contributed by atoms with Gasteiger partial charge in [0, 0.05) is 10.5 Å². The number of aliphatic hydroxyl groups is 1. The van der Waals surface area contributed by atoms with Crippen LogP contribution in [0.4, 0.5) is 11.4 Å². The van der Waals surface area contributed by atoms with Crippen LogP contribution in [0.15, 0.2) is 22.7 Å². The summed E-state index contributed by atoms with van der Waals surface area (Å²) in [6, 6.07) is 4.80. The van der Waals surface area contributed by atoms with Gasteiger partial charge in [0.15, 0.2) is 0 Å². The molecule has 18 heavy (non-hydrogen) atoms. The molecule has 1 fully saturated rings. The number of anilines is 1. The van der Waals surface area contributed by atoms with Crippen LogP contribution in [-0.4, -0.2) is 22.2 Å². The minimum Gasteiger partial charge on any atom is -0.391 e. The van der Waals surface area contributed by atoms with E-state index in [2.05, 4.69) is 21.2 Å². The molecule has 0 saturated heterocycles. The lowest BCUT2D eigenvalue weighted by Gasteiger charge is -2.29. The summed E-state index contributed by atoms with van der Waals surface area (Å²) < 4.78 is 0.670. The summed E-state index contributed by atoms with van der Waals surface area (Å²) in [5.41, 5.74) is 0.497. The van der Waals surface area contributed by atoms with E-state index in [0.29, 0.717) is 10.2 Å². The number of nitrogens with one attached hydrogen (secondary N) is 1. The maximum absolute atomic E-state index is 11.0. The summed E-state index contributed by atoms with van der Waals surface area (Å²) >= 11 is 3.22. The van der Waals surface area contributed by atoms with Crippen molar-refractivity contribution >= 4 is 27.3 Å². The first-order chi connectivity index (χ1) is 8.58. The van der Waals surface area contributed by atoms with Crippen LogP contribution in [0.25, 0.3) is 0 Å². The normalized spacial score (nSPS) is 23.7. The van der Waals surface area contributed by atoms with E-state index in [4.69, 9.17) is 0 Å². The Kier molecular flexibility index (Phi) is 4.19. The fraction of sp³-hybridized carbons (Fsp3) is 0.500. The lowest BCUT2D eigenvalue weighted by Crippen LogP contribution is -2.36. The number of nitro benzene ring substituents is 1. The Bertz CT molecular complexity index is 453. The van der Waals surface area contributed by atoms with Crippen molar-refractivity contribution in [2.45, 2.75) is 37.8 Å². The van der Waals surface area contributed by atoms with Gasteiger partial charge in [0.05, 0.1) is 17.1 Å². The summed E-state index contributed by atoms with van der Waals surface area (Å²) in [4.78, 5) is 10.6. The van der Waals surface area contributed by atoms with Crippen LogP contribution in [0.2, 0.25) is 0 Å². The number of rotatable bonds is 3. The van der Waals surface area contributed by atoms with Gasteiger partial charge < -0.3 is 10.4 Å². The van der Waals surface area contributed by atoms with Crippen LogP contribution < -0.4 is 5.32 Å². The van der Waals surface area contributed by atoms with Gasteiger partial charge in [-0.3, -0.25) is 10.1 Å². The van der Waals surface area contributed by atoms with Gasteiger partial charge in [-0.15, -0.1) is 0 Å². The van der Waals surface area contributed by atoms with Gasteiger partial charge in [-0.1, -0.05) is 28.8 Å². The number of hydrogen-bond acceptors (Lipinski definition) is 4. The summed E-state index contributed by atoms with van der Waals surface area (Å²) in [5, 5.41) is 23.9. The predicted molar refractivity (Wildman–Crippen MR) is 72.7 cm³/mol. The maximum atomic E-state index is 11.0. The van der Waals surface area contributed by atoms with Crippen LogP contribution in [0.5, 0.6) is 0 Å². The first-order valence-corrected chi connectivity index (χ1v) is 6.76. The fourth-order valence-corrected chi connectivity index (χ4v) is 2.61. The van der Waals surface area contributed by atoms with E-state index >= 15 is 0 Å². The van der Waals surface area contributed by atoms with Gasteiger partial charge in [-0.25, -0.2) is 0 Å². The van der Waals surface area contributed by atoms with Crippen LogP contribution in [0.1, 0.15) is 25.7 Å². The zero-order chi connectivity index (χ0) is 13.1. The number of aliphatic hydroxyl groups excluding tert-OH is 1. The molecule has 1 aromatic carbocycles. The Hall–Kier alpha value is -1.14. The highest BCUT2D eigenvalue weighted by molar-refractivity contribution is 9.10. The van der Waals surface area contributed by atoms with E-state index in [1.54, 1.807) is 12.1 Å². The van der Waals surface area contributed by atoms with Crippen LogP contribution in [0, 0.1) is 10.1 Å². The Balaban J connectivity index is 2.20. The second-order valence-electron chi connectivity index (χ2n) is 4.52. The Morgan fingerprint density at radius 3 is 2.78 bits per heavy atom. The topological polar surface area (TPSA) is 75.4 Å². The summed E-state index contributed by atoms with van der Waals surface area (Å²) in [5.74, 6) is 0. The second kappa shape index (κ2) is 5.67. The van der Waals surface area contributed by atoms with Crippen LogP contribution >= 0.6 is 15.9 Å². The molecule has 1 saturated carbocycles. The highest BCUT2D eigenvalue weighted by Gasteiger charge is 2.25. The van der Waals surface area contributed by atoms with E-state index < -0.39 is 11.0 Å². The zero-order valence-corrected chi connectivity index (χ0v) is 11.4. The number of nitro groups is 1. The largest absolute Gasteiger partial charge is 0.391 e. The molecule has 0 aromatic heterocycles. The number of halogens is 1. The fourth-order valence-electron chi connectivity index (χ4n) is 2.26. The summed E-state index contributed by atoms with van der Waals surface area (Å²) in [6.07, 6.45) is 3.22. The predicted octanol–water partition coefficient (Wildman–Crippen LogP) is 3.07. The first-order valence-electron chi connectivity index (χ1n) is 5.96. The van der Waals surface area contributed by atoms with E-state index in [0.717, 1.165) is 25.7 Å². The van der Waals surface area contributed by atoms with E-state index in [1.807, 2.05) is 0 Å². The molecule has 0 unspecified atom stereocenters. The molecule has 0 aliphatic heterocycles. The molecular weight excluding hydrogens is 300 g/mol. The third kappa shape index (κ3) is 3.00. The lowest BCUT2D eigenvalue weighted by molar-refractivity contribution is -0.384. The smallest absolute Gasteiger partial charge is 0.293 e. The van der Waals surface area contributed by atoms with E-state index in [9.17, 15) is 15.2 Å². The molecule has 1 aliphatic rings. The summed E-state index contributed by atoms with van der Waals surface area (Å²) in [6.45, 7) is 0. The molecule has 0 radical (unpaired) electrons. The maximum Gasteiger partial charge on any atom is 0.293 e. The summed E-state index contributed by atoms with van der Waals surface area (Å²) in [7, 11) is 0. The van der Waals surface area contributed by atoms with Gasteiger partial charge in [-0.2, -0.15) is 0 Å². The molecule has 0 heterocycles. The molecule has 0 amide bonds. The molecule has 2 atom stereocenters. The standard InChI is InChI=1S/C12H15BrN2O3/c13-8-5-6-9(11(7-8)15(17)18)14-10-3-1-2-4-12(10)16/h5-7,10,12,14,16H,1-4H2/t10-,12-/m0/s1. The third-order valence-corrected chi connectivity index (χ3v) is 3.72. The average Bonchev–Trinajstić information content (AvgIpc) is 2.34. The van der Waals surface area contributed by atoms with E-state index in [-0.39, 0.29) is 11.7 Å². The van der Waals surface area contributed by atoms with E-state index in [1.165, 1.54) is 6.07 Å². The van der Waals surface area contributed by atoms with Crippen LogP contribution in [-0.2, 0) is 0 Å². The highest BCUT2D eigenvalue weighted by Crippen LogP contribution is 2.30. The molecule has 6 heteroatoms. The Labute approximate surface area is 113 Å². The number of benzene rings is 1. The van der Waals surface area contributed by atoms with Crippen molar-refractivity contribution in [3.8, 4) is 0 Å². The number of nitrogens with zero attached hydrogens (tertiary/aromatic N) is 1. The molecule has 1 aliphatic carbocycles. The first kappa shape index (κ1) is 13.3. The molecule has 2 N–H and O–H groups in total. The van der Waals surface area contributed by atoms with Gasteiger partial charge in [0.1, 0.15) is 5.69 Å². The Morgan fingerprint density at radius 2 is 2.11 bits per heavy atom. The van der Waals surface area contributed by atoms with Gasteiger partial charge in [-0.05, 0) is 25.0 Å². The van der Waals surface area contributed by atoms with Crippen molar-refractivity contribution in [3.63, 3.8) is 0 Å². The molecule has 1 aromatic rings. The second-order valence-corrected chi connectivity index (χ2v) is 5.44. The molecule has 5 nitrogen and oxygen atoms in total. The molecular formula is C12H15BrN2O3. The molecule has 0 bridgehead atoms. The van der Waals surface area contributed by atoms with Gasteiger partial charge in [0.2, 0.25) is 0 Å². The Morgan fingerprint density at radius 1 is 1.39 bits per heavy atom. The van der Waals surface area contributed by atoms with Gasteiger partial charge >= 0.3 is 0 Å². The minimum absolute atomic E-state index is 0.0298. The monoisotopic (exact) mass is 314 g/mol. The quantitative estimate of drug-likeness (QED) is 0.664. The minimum atomic E-state index is -0.429. The third-order valence-electron chi connectivity index (χ3n) is 3.23. The van der Waals surface area contributed by atoms with Crippen LogP contribution in [0.3, 0.4) is 0 Å². The van der Waals surface area contributed by atoms with Crippen molar-refractivity contribution in [3.05, 3.63) is 32.8 Å². The average molecular weight is 315 g/mol. The van der Waals surface area contributed by atoms with Crippen molar-refractivity contribution in [1.29, 1.82) is 0 Å². The molecule has 2 rings (SSSR count). The lowest BCUT2D eigenvalue weighted by atomic mass is 9.92. The van der Waals surface area contributed by atoms with Crippen molar-refractivity contribution < 1.29 is 10.0 Å². The highest BCUT2D eigenvalue weighted by atomic mass is 79.9. The molecule has 98 valence electrons. The van der Waals surface area contributed by atoms with Crippen molar-refractivity contribution in [1.82, 2.24) is 0 Å². The zero-order valence-electron chi connectivity index (χ0n) is 9.80. The SMILES string of the molecule is O=[N+]([O-])c1cc(Br)ccc1N[C@H]1CCCC[C@@H]1O. The molecule has 0 spiro atoms.